The molecule has 0 bridgehead atoms. The maximum Gasteiger partial charge on any atom is 0.407 e. The summed E-state index contributed by atoms with van der Waals surface area (Å²) in [4.78, 5) is 29.3. The summed E-state index contributed by atoms with van der Waals surface area (Å²) in [6, 6.07) is 3.96. The average Bonchev–Trinajstić information content (AvgIpc) is 3.34. The number of aromatic nitrogens is 2. The van der Waals surface area contributed by atoms with E-state index >= 15 is 0 Å². The molecule has 1 aliphatic carbocycles. The molecule has 1 aliphatic rings. The monoisotopic (exact) mass is 386 g/mol. The van der Waals surface area contributed by atoms with Crippen LogP contribution in [0.3, 0.4) is 0 Å². The van der Waals surface area contributed by atoms with E-state index in [9.17, 15) is 9.59 Å². The van der Waals surface area contributed by atoms with Gasteiger partial charge in [-0.15, -0.1) is 0 Å². The van der Waals surface area contributed by atoms with Crippen LogP contribution < -0.4 is 10.6 Å². The van der Waals surface area contributed by atoms with Gasteiger partial charge in [-0.3, -0.25) is 4.79 Å². The minimum Gasteiger partial charge on any atom is -0.444 e. The largest absolute Gasteiger partial charge is 0.444 e. The van der Waals surface area contributed by atoms with E-state index in [2.05, 4.69) is 15.6 Å². The molecule has 0 aliphatic heterocycles. The summed E-state index contributed by atoms with van der Waals surface area (Å²) in [6.45, 7) is 9.79. The SMILES string of the molecule is Cc1cccn2cc(CC(=O)NC(C)(CNC(=O)OC(C)(C)C)C3CC3)nc12. The second-order valence-electron chi connectivity index (χ2n) is 8.93. The lowest BCUT2D eigenvalue weighted by molar-refractivity contribution is -0.122. The molecule has 2 aromatic heterocycles. The van der Waals surface area contributed by atoms with Gasteiger partial charge in [-0.2, -0.15) is 0 Å². The number of aryl methyl sites for hydroxylation is 1. The third-order valence-electron chi connectivity index (χ3n) is 4.97. The van der Waals surface area contributed by atoms with E-state index in [-0.39, 0.29) is 12.3 Å². The van der Waals surface area contributed by atoms with Crippen LogP contribution in [0.25, 0.3) is 5.65 Å². The highest BCUT2D eigenvalue weighted by Crippen LogP contribution is 2.39. The van der Waals surface area contributed by atoms with Crippen molar-refractivity contribution in [2.45, 2.75) is 65.0 Å². The number of nitrogens with one attached hydrogen (secondary N) is 2. The van der Waals surface area contributed by atoms with E-state index in [0.29, 0.717) is 12.5 Å². The zero-order valence-electron chi connectivity index (χ0n) is 17.3. The molecule has 1 fully saturated rings. The van der Waals surface area contributed by atoms with Crippen molar-refractivity contribution in [1.82, 2.24) is 20.0 Å². The smallest absolute Gasteiger partial charge is 0.407 e. The minimum absolute atomic E-state index is 0.0959. The Morgan fingerprint density at radius 1 is 1.29 bits per heavy atom. The van der Waals surface area contributed by atoms with Crippen molar-refractivity contribution in [3.05, 3.63) is 35.8 Å². The molecule has 28 heavy (non-hydrogen) atoms. The highest BCUT2D eigenvalue weighted by atomic mass is 16.6. The van der Waals surface area contributed by atoms with Crippen molar-refractivity contribution in [3.63, 3.8) is 0 Å². The topological polar surface area (TPSA) is 84.7 Å². The van der Waals surface area contributed by atoms with Crippen molar-refractivity contribution in [3.8, 4) is 0 Å². The number of alkyl carbamates (subject to hydrolysis) is 1. The molecular weight excluding hydrogens is 356 g/mol. The van der Waals surface area contributed by atoms with Crippen molar-refractivity contribution < 1.29 is 14.3 Å². The molecule has 0 aromatic carbocycles. The van der Waals surface area contributed by atoms with Crippen LogP contribution in [0.4, 0.5) is 4.79 Å². The Kier molecular flexibility index (Phi) is 5.37. The van der Waals surface area contributed by atoms with Crippen LogP contribution in [-0.4, -0.2) is 39.1 Å². The van der Waals surface area contributed by atoms with Crippen molar-refractivity contribution in [2.24, 2.45) is 5.92 Å². The number of carbonyl (C=O) groups excluding carboxylic acids is 2. The van der Waals surface area contributed by atoms with E-state index in [0.717, 1.165) is 29.7 Å². The number of fused-ring (bicyclic) bond motifs is 1. The molecule has 3 rings (SSSR count). The molecule has 1 saturated carbocycles. The molecule has 2 amide bonds. The normalized spacial score (nSPS) is 16.5. The molecular formula is C21H30N4O3. The minimum atomic E-state index is -0.551. The molecule has 2 heterocycles. The third kappa shape index (κ3) is 5.03. The highest BCUT2D eigenvalue weighted by Gasteiger charge is 2.43. The Bertz CT molecular complexity index is 879. The van der Waals surface area contributed by atoms with Crippen molar-refractivity contribution in [2.75, 3.05) is 6.54 Å². The van der Waals surface area contributed by atoms with Gasteiger partial charge in [0, 0.05) is 18.9 Å². The molecule has 1 atom stereocenters. The van der Waals surface area contributed by atoms with E-state index in [1.165, 1.54) is 0 Å². The number of imidazole rings is 1. The standard InChI is InChI=1S/C21H30N4O3/c1-14-7-6-10-25-12-16(23-18(14)25)11-17(26)24-21(5,15-8-9-15)13-22-19(27)28-20(2,3)4/h6-7,10,12,15H,8-9,11,13H2,1-5H3,(H,22,27)(H,24,26). The molecule has 7 heteroatoms. The second kappa shape index (κ2) is 7.45. The van der Waals surface area contributed by atoms with Crippen molar-refractivity contribution in [1.29, 1.82) is 0 Å². The Hall–Kier alpha value is -2.57. The van der Waals surface area contributed by atoms with Crippen LogP contribution in [0, 0.1) is 12.8 Å². The number of amides is 2. The molecule has 0 radical (unpaired) electrons. The van der Waals surface area contributed by atoms with Crippen LogP contribution in [0.5, 0.6) is 0 Å². The first-order valence-corrected chi connectivity index (χ1v) is 9.77. The summed E-state index contributed by atoms with van der Waals surface area (Å²) < 4.78 is 7.24. The van der Waals surface area contributed by atoms with Gasteiger partial charge in [-0.25, -0.2) is 9.78 Å². The summed E-state index contributed by atoms with van der Waals surface area (Å²) in [6.07, 6.45) is 5.63. The summed E-state index contributed by atoms with van der Waals surface area (Å²) in [7, 11) is 0. The zero-order chi connectivity index (χ0) is 20.5. The van der Waals surface area contributed by atoms with Crippen LogP contribution in [-0.2, 0) is 16.0 Å². The maximum absolute atomic E-state index is 12.7. The van der Waals surface area contributed by atoms with Crippen LogP contribution in [0.2, 0.25) is 0 Å². The molecule has 2 aromatic rings. The number of ether oxygens (including phenoxy) is 1. The Morgan fingerprint density at radius 3 is 2.61 bits per heavy atom. The van der Waals surface area contributed by atoms with Crippen molar-refractivity contribution >= 4 is 17.6 Å². The lowest BCUT2D eigenvalue weighted by Gasteiger charge is -2.32. The van der Waals surface area contributed by atoms with Gasteiger partial charge < -0.3 is 19.8 Å². The van der Waals surface area contributed by atoms with Gasteiger partial charge in [-0.05, 0) is 65.0 Å². The first kappa shape index (κ1) is 20.2. The molecule has 152 valence electrons. The predicted octanol–water partition coefficient (Wildman–Crippen LogP) is 2.99. The van der Waals surface area contributed by atoms with Gasteiger partial charge in [0.15, 0.2) is 0 Å². The van der Waals surface area contributed by atoms with E-state index < -0.39 is 17.2 Å². The molecule has 0 saturated heterocycles. The second-order valence-corrected chi connectivity index (χ2v) is 8.93. The molecule has 0 spiro atoms. The van der Waals surface area contributed by atoms with Crippen LogP contribution in [0.15, 0.2) is 24.5 Å². The Balaban J connectivity index is 1.62. The van der Waals surface area contributed by atoms with Gasteiger partial charge in [0.25, 0.3) is 0 Å². The first-order chi connectivity index (χ1) is 13.1. The van der Waals surface area contributed by atoms with Crippen LogP contribution in [0.1, 0.15) is 51.8 Å². The molecule has 1 unspecified atom stereocenters. The third-order valence-corrected chi connectivity index (χ3v) is 4.97. The number of hydrogen-bond acceptors (Lipinski definition) is 4. The maximum atomic E-state index is 12.7. The number of pyridine rings is 1. The molecule has 7 nitrogen and oxygen atoms in total. The van der Waals surface area contributed by atoms with Gasteiger partial charge in [0.1, 0.15) is 11.2 Å². The van der Waals surface area contributed by atoms with Gasteiger partial charge in [0.05, 0.1) is 17.7 Å². The van der Waals surface area contributed by atoms with E-state index in [1.807, 2.05) is 63.5 Å². The van der Waals surface area contributed by atoms with E-state index in [1.54, 1.807) is 0 Å². The zero-order valence-corrected chi connectivity index (χ0v) is 17.3. The fourth-order valence-electron chi connectivity index (χ4n) is 3.40. The van der Waals surface area contributed by atoms with Gasteiger partial charge in [0.2, 0.25) is 5.91 Å². The predicted molar refractivity (Wildman–Crippen MR) is 107 cm³/mol. The number of carbonyl (C=O) groups is 2. The summed E-state index contributed by atoms with van der Waals surface area (Å²) in [5.74, 6) is 0.260. The number of rotatable bonds is 6. The Labute approximate surface area is 165 Å². The summed E-state index contributed by atoms with van der Waals surface area (Å²) in [5, 5.41) is 5.93. The fraction of sp³-hybridized carbons (Fsp3) is 0.571. The fourth-order valence-corrected chi connectivity index (χ4v) is 3.40. The summed E-state index contributed by atoms with van der Waals surface area (Å²) in [5.41, 5.74) is 1.61. The average molecular weight is 386 g/mol. The van der Waals surface area contributed by atoms with Gasteiger partial charge >= 0.3 is 6.09 Å². The number of nitrogens with zero attached hydrogens (tertiary/aromatic N) is 2. The van der Waals surface area contributed by atoms with Crippen LogP contribution >= 0.6 is 0 Å². The lowest BCUT2D eigenvalue weighted by Crippen LogP contribution is -2.56. The number of hydrogen-bond donors (Lipinski definition) is 2. The highest BCUT2D eigenvalue weighted by molar-refractivity contribution is 5.79. The quantitative estimate of drug-likeness (QED) is 0.799. The first-order valence-electron chi connectivity index (χ1n) is 9.77. The van der Waals surface area contributed by atoms with E-state index in [4.69, 9.17) is 4.74 Å². The Morgan fingerprint density at radius 2 is 2.00 bits per heavy atom. The van der Waals surface area contributed by atoms with Gasteiger partial charge in [-0.1, -0.05) is 6.07 Å². The molecule has 2 N–H and O–H groups in total. The lowest BCUT2D eigenvalue weighted by atomic mass is 9.95. The summed E-state index contributed by atoms with van der Waals surface area (Å²) >= 11 is 0.